The number of carbonyl (C=O) groups is 1. The van der Waals surface area contributed by atoms with E-state index in [1.54, 1.807) is 38.1 Å². The zero-order valence-electron chi connectivity index (χ0n) is 21.9. The van der Waals surface area contributed by atoms with Crippen LogP contribution in [0.4, 0.5) is 8.78 Å². The van der Waals surface area contributed by atoms with Gasteiger partial charge < -0.3 is 23.9 Å². The third-order valence-electron chi connectivity index (χ3n) is 7.91. The van der Waals surface area contributed by atoms with Gasteiger partial charge >= 0.3 is 0 Å². The average molecular weight is 549 g/mol. The van der Waals surface area contributed by atoms with Gasteiger partial charge in [0.1, 0.15) is 30.3 Å². The summed E-state index contributed by atoms with van der Waals surface area (Å²) in [4.78, 5) is 23.7. The molecule has 11 heteroatoms. The molecule has 1 amide bonds. The lowest BCUT2D eigenvalue weighted by Gasteiger charge is -2.37. The van der Waals surface area contributed by atoms with E-state index in [0.717, 1.165) is 23.2 Å². The van der Waals surface area contributed by atoms with Crippen molar-refractivity contribution in [2.45, 2.75) is 63.4 Å². The maximum absolute atomic E-state index is 14.6. The topological polar surface area (TPSA) is 98.9 Å². The van der Waals surface area contributed by atoms with E-state index in [4.69, 9.17) is 14.2 Å². The standard InChI is InChI=1S/C29H26F2N4O5/c1-14-16-10-11-34(25(16)33-13-32-14)28-24-23(39-29(2,3)40-24)22(38-28)21(15-8-9-19(30)20(31)12-15)35-26(36)17-6-4-5-7-18(17)27(35)37/h4-13,21-24,26,28,36H,1-3H3/t21-,22+,23+,24+,26?,28+/m0/s1. The molecular weight excluding hydrogens is 522 g/mol. The highest BCUT2D eigenvalue weighted by Gasteiger charge is 2.60. The van der Waals surface area contributed by atoms with E-state index in [1.165, 1.54) is 17.3 Å². The summed E-state index contributed by atoms with van der Waals surface area (Å²) in [6.07, 6.45) is -1.11. The number of hydrogen-bond donors (Lipinski definition) is 1. The molecule has 5 heterocycles. The molecule has 2 saturated heterocycles. The third kappa shape index (κ3) is 3.69. The van der Waals surface area contributed by atoms with Gasteiger partial charge in [0.2, 0.25) is 0 Å². The van der Waals surface area contributed by atoms with E-state index in [0.29, 0.717) is 16.8 Å². The van der Waals surface area contributed by atoms with Gasteiger partial charge in [-0.3, -0.25) is 9.69 Å². The number of amides is 1. The van der Waals surface area contributed by atoms with Crippen molar-refractivity contribution in [2.24, 2.45) is 0 Å². The summed E-state index contributed by atoms with van der Waals surface area (Å²) in [6, 6.07) is 10.9. The molecule has 1 unspecified atom stereocenters. The van der Waals surface area contributed by atoms with Gasteiger partial charge in [-0.05, 0) is 50.6 Å². The van der Waals surface area contributed by atoms with Crippen LogP contribution in [-0.4, -0.2) is 54.5 Å². The number of carbonyl (C=O) groups excluding carboxylic acids is 1. The van der Waals surface area contributed by atoms with Crippen molar-refractivity contribution in [3.8, 4) is 0 Å². The first-order chi connectivity index (χ1) is 19.1. The van der Waals surface area contributed by atoms with Crippen LogP contribution in [0.3, 0.4) is 0 Å². The summed E-state index contributed by atoms with van der Waals surface area (Å²) >= 11 is 0. The van der Waals surface area contributed by atoms with E-state index < -0.39 is 60.1 Å². The lowest BCUT2D eigenvalue weighted by molar-refractivity contribution is -0.205. The quantitative estimate of drug-likeness (QED) is 0.406. The highest BCUT2D eigenvalue weighted by molar-refractivity contribution is 5.99. The largest absolute Gasteiger partial charge is 0.369 e. The SMILES string of the molecule is Cc1ncnc2c1ccn2[C@@H]1O[C@H]([C@H](c2ccc(F)c(F)c2)N2C(=O)c3ccccc3C2O)[C@H]2OC(C)(C)O[C@H]21. The van der Waals surface area contributed by atoms with Crippen molar-refractivity contribution in [3.63, 3.8) is 0 Å². The minimum Gasteiger partial charge on any atom is -0.369 e. The minimum atomic E-state index is -1.35. The molecule has 2 aromatic heterocycles. The van der Waals surface area contributed by atoms with Crippen molar-refractivity contribution in [1.82, 2.24) is 19.4 Å². The Bertz CT molecular complexity index is 1660. The fourth-order valence-corrected chi connectivity index (χ4v) is 6.19. The summed E-state index contributed by atoms with van der Waals surface area (Å²) in [7, 11) is 0. The van der Waals surface area contributed by atoms with Gasteiger partial charge in [-0.25, -0.2) is 18.7 Å². The number of aromatic nitrogens is 3. The fraction of sp³-hybridized carbons (Fsp3) is 0.345. The first kappa shape index (κ1) is 25.2. The van der Waals surface area contributed by atoms with Crippen molar-refractivity contribution in [3.05, 3.63) is 95.1 Å². The number of nitrogens with zero attached hydrogens (tertiary/aromatic N) is 4. The lowest BCUT2D eigenvalue weighted by Crippen LogP contribution is -2.44. The van der Waals surface area contributed by atoms with E-state index >= 15 is 0 Å². The molecule has 2 aromatic carbocycles. The Labute approximate surface area is 227 Å². The van der Waals surface area contributed by atoms with Crippen LogP contribution < -0.4 is 0 Å². The number of benzene rings is 2. The number of aryl methyl sites for hydroxylation is 1. The van der Waals surface area contributed by atoms with Crippen LogP contribution in [-0.2, 0) is 14.2 Å². The van der Waals surface area contributed by atoms with Crippen LogP contribution in [0.5, 0.6) is 0 Å². The van der Waals surface area contributed by atoms with Crippen LogP contribution in [0.25, 0.3) is 11.0 Å². The highest BCUT2D eigenvalue weighted by atomic mass is 19.2. The molecule has 40 heavy (non-hydrogen) atoms. The summed E-state index contributed by atoms with van der Waals surface area (Å²) in [6.45, 7) is 5.43. The first-order valence-corrected chi connectivity index (χ1v) is 13.0. The van der Waals surface area contributed by atoms with E-state index in [-0.39, 0.29) is 5.56 Å². The third-order valence-corrected chi connectivity index (χ3v) is 7.91. The molecule has 206 valence electrons. The van der Waals surface area contributed by atoms with Gasteiger partial charge in [0, 0.05) is 22.7 Å². The van der Waals surface area contributed by atoms with Gasteiger partial charge in [-0.1, -0.05) is 24.3 Å². The molecule has 6 atom stereocenters. The number of aliphatic hydroxyl groups is 1. The van der Waals surface area contributed by atoms with Gasteiger partial charge in [-0.15, -0.1) is 0 Å². The molecule has 2 fully saturated rings. The molecule has 3 aliphatic heterocycles. The molecule has 1 N–H and O–H groups in total. The zero-order valence-corrected chi connectivity index (χ0v) is 21.9. The Balaban J connectivity index is 1.37. The molecule has 7 rings (SSSR count). The molecule has 0 bridgehead atoms. The van der Waals surface area contributed by atoms with Gasteiger partial charge in [0.15, 0.2) is 29.9 Å². The van der Waals surface area contributed by atoms with Crippen molar-refractivity contribution in [1.29, 1.82) is 0 Å². The average Bonchev–Trinajstić information content (AvgIpc) is 3.64. The Hall–Kier alpha value is -3.77. The molecule has 9 nitrogen and oxygen atoms in total. The zero-order chi connectivity index (χ0) is 27.9. The molecule has 0 aliphatic carbocycles. The van der Waals surface area contributed by atoms with E-state index in [9.17, 15) is 18.7 Å². The summed E-state index contributed by atoms with van der Waals surface area (Å²) in [5, 5.41) is 12.2. The van der Waals surface area contributed by atoms with Crippen molar-refractivity contribution >= 4 is 16.9 Å². The van der Waals surface area contributed by atoms with Crippen LogP contribution >= 0.6 is 0 Å². The molecular formula is C29H26F2N4O5. The summed E-state index contributed by atoms with van der Waals surface area (Å²) in [5.41, 5.74) is 2.40. The minimum absolute atomic E-state index is 0.243. The number of rotatable bonds is 4. The Morgan fingerprint density at radius 2 is 1.80 bits per heavy atom. The second-order valence-electron chi connectivity index (χ2n) is 10.8. The maximum Gasteiger partial charge on any atom is 0.257 e. The molecule has 3 aliphatic rings. The van der Waals surface area contributed by atoms with Crippen LogP contribution in [0, 0.1) is 18.6 Å². The number of hydrogen-bond acceptors (Lipinski definition) is 7. The first-order valence-electron chi connectivity index (χ1n) is 13.0. The summed E-state index contributed by atoms with van der Waals surface area (Å²) in [5.74, 6) is -3.58. The number of ether oxygens (including phenoxy) is 3. The van der Waals surface area contributed by atoms with E-state index in [2.05, 4.69) is 9.97 Å². The second kappa shape index (κ2) is 8.87. The predicted octanol–water partition coefficient (Wildman–Crippen LogP) is 4.32. The van der Waals surface area contributed by atoms with Crippen LogP contribution in [0.2, 0.25) is 0 Å². The Morgan fingerprint density at radius 3 is 2.58 bits per heavy atom. The lowest BCUT2D eigenvalue weighted by atomic mass is 9.94. The monoisotopic (exact) mass is 548 g/mol. The van der Waals surface area contributed by atoms with Crippen molar-refractivity contribution < 1.29 is 32.9 Å². The molecule has 0 spiro atoms. The van der Waals surface area contributed by atoms with Gasteiger partial charge in [0.25, 0.3) is 5.91 Å². The smallest absolute Gasteiger partial charge is 0.257 e. The predicted molar refractivity (Wildman–Crippen MR) is 137 cm³/mol. The normalized spacial score (nSPS) is 27.8. The van der Waals surface area contributed by atoms with E-state index in [1.807, 2.05) is 23.8 Å². The van der Waals surface area contributed by atoms with Gasteiger partial charge in [-0.2, -0.15) is 0 Å². The van der Waals surface area contributed by atoms with Crippen LogP contribution in [0.15, 0.2) is 61.1 Å². The van der Waals surface area contributed by atoms with Gasteiger partial charge in [0.05, 0.1) is 11.7 Å². The Kier molecular flexibility index (Phi) is 5.59. The number of fused-ring (bicyclic) bond motifs is 3. The second-order valence-corrected chi connectivity index (χ2v) is 10.8. The molecule has 4 aromatic rings. The molecule has 0 radical (unpaired) electrons. The number of halogens is 2. The maximum atomic E-state index is 14.6. The Morgan fingerprint density at radius 1 is 1.02 bits per heavy atom. The summed E-state index contributed by atoms with van der Waals surface area (Å²) < 4.78 is 49.8. The molecule has 0 saturated carbocycles. The van der Waals surface area contributed by atoms with Crippen LogP contribution in [0.1, 0.15) is 59.5 Å². The number of aliphatic hydroxyl groups excluding tert-OH is 1. The highest BCUT2D eigenvalue weighted by Crippen LogP contribution is 2.51. The fourth-order valence-electron chi connectivity index (χ4n) is 6.19. The van der Waals surface area contributed by atoms with Crippen molar-refractivity contribution in [2.75, 3.05) is 0 Å².